The molecule has 0 aliphatic rings. The first-order valence-corrected chi connectivity index (χ1v) is 7.12. The summed E-state index contributed by atoms with van der Waals surface area (Å²) >= 11 is 21.3. The van der Waals surface area contributed by atoms with Crippen LogP contribution >= 0.6 is 57.5 Å². The Morgan fingerprint density at radius 1 is 0.933 bits per heavy atom. The van der Waals surface area contributed by atoms with Crippen molar-refractivity contribution in [2.45, 2.75) is 9.71 Å². The van der Waals surface area contributed by atoms with Gasteiger partial charge < -0.3 is 0 Å². The van der Waals surface area contributed by atoms with Gasteiger partial charge in [0, 0.05) is 9.75 Å². The van der Waals surface area contributed by atoms with Gasteiger partial charge in [0.15, 0.2) is 0 Å². The summed E-state index contributed by atoms with van der Waals surface area (Å²) < 4.78 is -1.30. The summed E-state index contributed by atoms with van der Waals surface area (Å²) in [5, 5.41) is 3.98. The fraction of sp³-hybridized carbons (Fsp3) is 0.200. The minimum absolute atomic E-state index is 0.164. The second-order valence-corrected chi connectivity index (χ2v) is 7.33. The smallest absolute Gasteiger partial charge is 0.148 e. The highest BCUT2D eigenvalue weighted by Gasteiger charge is 2.36. The van der Waals surface area contributed by atoms with Crippen LogP contribution in [0.3, 0.4) is 0 Å². The quantitative estimate of drug-likeness (QED) is 0.659. The molecule has 2 heterocycles. The van der Waals surface area contributed by atoms with Gasteiger partial charge in [-0.2, -0.15) is 0 Å². The normalized spacial score (nSPS) is 12.3. The molecule has 0 unspecified atom stereocenters. The van der Waals surface area contributed by atoms with E-state index in [1.54, 1.807) is 22.7 Å². The van der Waals surface area contributed by atoms with E-state index < -0.39 is 3.79 Å². The van der Waals surface area contributed by atoms with E-state index in [-0.39, 0.29) is 5.92 Å². The van der Waals surface area contributed by atoms with Crippen LogP contribution < -0.4 is 0 Å². The maximum atomic E-state index is 6.03. The molecule has 0 saturated carbocycles. The molecule has 0 fully saturated rings. The van der Waals surface area contributed by atoms with Crippen LogP contribution in [0.1, 0.15) is 15.7 Å². The highest BCUT2D eigenvalue weighted by atomic mass is 35.6. The molecule has 0 spiro atoms. The van der Waals surface area contributed by atoms with Gasteiger partial charge >= 0.3 is 0 Å². The van der Waals surface area contributed by atoms with Crippen LogP contribution in [0.2, 0.25) is 0 Å². The predicted molar refractivity (Wildman–Crippen MR) is 70.8 cm³/mol. The van der Waals surface area contributed by atoms with Crippen LogP contribution in [0.4, 0.5) is 0 Å². The van der Waals surface area contributed by atoms with Crippen molar-refractivity contribution in [3.05, 3.63) is 44.8 Å². The van der Waals surface area contributed by atoms with Crippen molar-refractivity contribution in [2.24, 2.45) is 0 Å². The fourth-order valence-electron chi connectivity index (χ4n) is 1.37. The second-order valence-electron chi connectivity index (χ2n) is 3.01. The summed E-state index contributed by atoms with van der Waals surface area (Å²) in [7, 11) is 0. The topological polar surface area (TPSA) is 0 Å². The molecule has 2 aromatic rings. The average Bonchev–Trinajstić information content (AvgIpc) is 2.73. The number of hydrogen-bond donors (Lipinski definition) is 0. The molecular weight excluding hydrogens is 291 g/mol. The predicted octanol–water partition coefficient (Wildman–Crippen LogP) is 5.31. The monoisotopic (exact) mass is 296 g/mol. The molecule has 0 atom stereocenters. The van der Waals surface area contributed by atoms with Gasteiger partial charge in [-0.25, -0.2) is 0 Å². The van der Waals surface area contributed by atoms with E-state index in [1.165, 1.54) is 0 Å². The Morgan fingerprint density at radius 3 is 1.67 bits per heavy atom. The van der Waals surface area contributed by atoms with Crippen molar-refractivity contribution in [3.63, 3.8) is 0 Å². The van der Waals surface area contributed by atoms with Crippen molar-refractivity contribution < 1.29 is 0 Å². The van der Waals surface area contributed by atoms with Crippen LogP contribution in [0, 0.1) is 0 Å². The third kappa shape index (κ3) is 2.69. The second kappa shape index (κ2) is 4.64. The lowest BCUT2D eigenvalue weighted by molar-refractivity contribution is 0.879. The van der Waals surface area contributed by atoms with Crippen molar-refractivity contribution in [1.29, 1.82) is 0 Å². The standard InChI is InChI=1S/C10H7Cl3S2/c11-10(12,13)9(7-3-1-5-14-7)8-4-2-6-15-8/h1-6,9H. The highest BCUT2D eigenvalue weighted by molar-refractivity contribution is 7.11. The van der Waals surface area contributed by atoms with Gasteiger partial charge in [-0.3, -0.25) is 0 Å². The van der Waals surface area contributed by atoms with Crippen molar-refractivity contribution in [1.82, 2.24) is 0 Å². The van der Waals surface area contributed by atoms with E-state index in [2.05, 4.69) is 0 Å². The average molecular weight is 298 g/mol. The molecule has 2 rings (SSSR count). The lowest BCUT2D eigenvalue weighted by atomic mass is 10.1. The molecule has 0 amide bonds. The lowest BCUT2D eigenvalue weighted by Crippen LogP contribution is -2.16. The summed E-state index contributed by atoms with van der Waals surface area (Å²) in [5.41, 5.74) is 0. The molecule has 0 aliphatic heterocycles. The van der Waals surface area contributed by atoms with E-state index in [4.69, 9.17) is 34.8 Å². The van der Waals surface area contributed by atoms with Gasteiger partial charge in [0.2, 0.25) is 3.79 Å². The first kappa shape index (κ1) is 11.7. The van der Waals surface area contributed by atoms with E-state index in [0.717, 1.165) is 9.75 Å². The first-order valence-electron chi connectivity index (χ1n) is 4.22. The molecule has 0 saturated heterocycles. The van der Waals surface area contributed by atoms with Gasteiger partial charge in [-0.05, 0) is 22.9 Å². The first-order chi connectivity index (χ1) is 7.09. The van der Waals surface area contributed by atoms with Crippen LogP contribution in [-0.2, 0) is 0 Å². The number of alkyl halides is 3. The number of thiophene rings is 2. The third-order valence-corrected chi connectivity index (χ3v) is 4.51. The zero-order valence-corrected chi connectivity index (χ0v) is 11.4. The van der Waals surface area contributed by atoms with Crippen LogP contribution in [0.5, 0.6) is 0 Å². The van der Waals surface area contributed by atoms with Gasteiger partial charge in [-0.1, -0.05) is 46.9 Å². The van der Waals surface area contributed by atoms with Crippen molar-refractivity contribution >= 4 is 57.5 Å². The molecule has 0 N–H and O–H groups in total. The SMILES string of the molecule is ClC(Cl)(Cl)C(c1cccs1)c1cccs1. The van der Waals surface area contributed by atoms with Crippen molar-refractivity contribution in [3.8, 4) is 0 Å². The van der Waals surface area contributed by atoms with Gasteiger partial charge in [0.1, 0.15) is 0 Å². The van der Waals surface area contributed by atoms with Crippen LogP contribution in [0.15, 0.2) is 35.0 Å². The molecule has 0 radical (unpaired) electrons. The highest BCUT2D eigenvalue weighted by Crippen LogP contribution is 2.48. The summed E-state index contributed by atoms with van der Waals surface area (Å²) in [4.78, 5) is 2.16. The molecule has 0 aromatic carbocycles. The van der Waals surface area contributed by atoms with E-state index >= 15 is 0 Å². The Bertz CT molecular complexity index is 366. The Hall–Kier alpha value is 0.270. The zero-order chi connectivity index (χ0) is 10.9. The van der Waals surface area contributed by atoms with Crippen LogP contribution in [-0.4, -0.2) is 3.79 Å². The fourth-order valence-corrected chi connectivity index (χ4v) is 4.36. The van der Waals surface area contributed by atoms with Crippen molar-refractivity contribution in [2.75, 3.05) is 0 Å². The molecule has 2 aromatic heterocycles. The Labute approximate surface area is 111 Å². The summed E-state index contributed by atoms with van der Waals surface area (Å²) in [5.74, 6) is -0.164. The minimum Gasteiger partial charge on any atom is -0.148 e. The molecule has 0 nitrogen and oxygen atoms in total. The minimum atomic E-state index is -1.30. The molecule has 80 valence electrons. The van der Waals surface area contributed by atoms with E-state index in [0.29, 0.717) is 0 Å². The van der Waals surface area contributed by atoms with Gasteiger partial charge in [-0.15, -0.1) is 22.7 Å². The number of hydrogen-bond acceptors (Lipinski definition) is 2. The van der Waals surface area contributed by atoms with Gasteiger partial charge in [0.25, 0.3) is 0 Å². The molecule has 0 bridgehead atoms. The molecule has 5 heteroatoms. The third-order valence-electron chi connectivity index (χ3n) is 1.98. The summed E-state index contributed by atoms with van der Waals surface area (Å²) in [6.45, 7) is 0. The van der Waals surface area contributed by atoms with E-state index in [9.17, 15) is 0 Å². The number of rotatable bonds is 2. The Kier molecular flexibility index (Phi) is 3.63. The Morgan fingerprint density at radius 2 is 1.40 bits per heavy atom. The summed E-state index contributed by atoms with van der Waals surface area (Å²) in [6, 6.07) is 7.93. The van der Waals surface area contributed by atoms with Gasteiger partial charge in [0.05, 0.1) is 5.92 Å². The largest absolute Gasteiger partial charge is 0.202 e. The van der Waals surface area contributed by atoms with E-state index in [1.807, 2.05) is 35.0 Å². The maximum Gasteiger partial charge on any atom is 0.202 e. The number of halogens is 3. The van der Waals surface area contributed by atoms with Crippen LogP contribution in [0.25, 0.3) is 0 Å². The molecule has 0 aliphatic carbocycles. The summed E-state index contributed by atoms with van der Waals surface area (Å²) in [6.07, 6.45) is 0. The Balaban J connectivity index is 2.42. The molecule has 15 heavy (non-hydrogen) atoms. The zero-order valence-electron chi connectivity index (χ0n) is 7.49. The molecular formula is C10H7Cl3S2. The maximum absolute atomic E-state index is 6.03. The lowest BCUT2D eigenvalue weighted by Gasteiger charge is -2.22.